The van der Waals surface area contributed by atoms with Crippen molar-refractivity contribution in [2.75, 3.05) is 0 Å². The van der Waals surface area contributed by atoms with E-state index >= 15 is 0 Å². The van der Waals surface area contributed by atoms with Crippen molar-refractivity contribution in [1.82, 2.24) is 0 Å². The molecule has 0 aromatic rings. The maximum absolute atomic E-state index is 11.6. The molecule has 0 aliphatic rings. The lowest BCUT2D eigenvalue weighted by Gasteiger charge is -2.04. The van der Waals surface area contributed by atoms with Crippen LogP contribution in [0.3, 0.4) is 0 Å². The van der Waals surface area contributed by atoms with Crippen LogP contribution in [0.4, 0.5) is 13.2 Å². The van der Waals surface area contributed by atoms with Gasteiger partial charge in [-0.25, -0.2) is 0 Å². The van der Waals surface area contributed by atoms with E-state index in [9.17, 15) is 18.0 Å². The monoisotopic (exact) mass is 208 g/mol. The molecule has 1 nitrogen and oxygen atoms in total. The molecule has 5 heteroatoms. The lowest BCUT2D eigenvalue weighted by molar-refractivity contribution is -0.148. The Morgan fingerprint density at radius 3 is 2.08 bits per heavy atom. The number of hydrogen-bond donors (Lipinski definition) is 0. The second kappa shape index (κ2) is 3.96. The van der Waals surface area contributed by atoms with Crippen LogP contribution < -0.4 is 0 Å². The van der Waals surface area contributed by atoms with Gasteiger partial charge < -0.3 is 0 Å². The number of alkyl halides is 3. The van der Waals surface area contributed by atoms with E-state index < -0.39 is 26.5 Å². The third-order valence-electron chi connectivity index (χ3n) is 0.938. The molecule has 0 fully saturated rings. The number of carbonyl (C=O) groups excluding carboxylic acids is 1. The molecule has 0 aliphatic heterocycles. The molecular formula is C8H11F3OSi. The van der Waals surface area contributed by atoms with E-state index in [1.165, 1.54) is 0 Å². The zero-order chi connectivity index (χ0) is 10.7. The number of hydrogen-bond acceptors (Lipinski definition) is 1. The third kappa shape index (κ3) is 9.15. The maximum atomic E-state index is 11.6. The summed E-state index contributed by atoms with van der Waals surface area (Å²) in [6.45, 7) is 5.59. The number of halogens is 3. The van der Waals surface area contributed by atoms with Crippen LogP contribution in [-0.4, -0.2) is 20.0 Å². The van der Waals surface area contributed by atoms with Gasteiger partial charge in [0, 0.05) is 0 Å². The average Bonchev–Trinajstić information content (AvgIpc) is 1.78. The normalized spacial score (nSPS) is 11.8. The molecule has 0 saturated heterocycles. The Balaban J connectivity index is 4.23. The number of carbonyl (C=O) groups is 1. The van der Waals surface area contributed by atoms with E-state index in [0.717, 1.165) is 0 Å². The van der Waals surface area contributed by atoms with Crippen LogP contribution in [0.1, 0.15) is 6.42 Å². The predicted octanol–water partition coefficient (Wildman–Crippen LogP) is 2.39. The largest absolute Gasteiger partial charge is 0.396 e. The minimum atomic E-state index is -4.44. The molecule has 13 heavy (non-hydrogen) atoms. The van der Waals surface area contributed by atoms with Crippen molar-refractivity contribution in [2.45, 2.75) is 32.2 Å². The summed E-state index contributed by atoms with van der Waals surface area (Å²) in [5.74, 6) is 0.986. The molecule has 0 heterocycles. The van der Waals surface area contributed by atoms with Crippen LogP contribution in [0.15, 0.2) is 0 Å². The van der Waals surface area contributed by atoms with Crippen molar-refractivity contribution in [1.29, 1.82) is 0 Å². The lowest BCUT2D eigenvalue weighted by Crippen LogP contribution is -2.18. The van der Waals surface area contributed by atoms with Gasteiger partial charge in [0.15, 0.2) is 0 Å². The first kappa shape index (κ1) is 12.2. The van der Waals surface area contributed by atoms with E-state index in [4.69, 9.17) is 0 Å². The molecule has 0 amide bonds. The molecule has 0 atom stereocenters. The van der Waals surface area contributed by atoms with Crippen LogP contribution in [-0.2, 0) is 4.79 Å². The minimum absolute atomic E-state index is 1.05. The summed E-state index contributed by atoms with van der Waals surface area (Å²) in [5, 5.41) is 0. The maximum Gasteiger partial charge on any atom is 0.396 e. The first-order valence-corrected chi connectivity index (χ1v) is 7.23. The highest BCUT2D eigenvalue weighted by atomic mass is 28.3. The van der Waals surface area contributed by atoms with Crippen molar-refractivity contribution in [3.05, 3.63) is 0 Å². The Morgan fingerprint density at radius 1 is 1.31 bits per heavy atom. The zero-order valence-corrected chi connectivity index (χ0v) is 8.75. The van der Waals surface area contributed by atoms with E-state index in [1.54, 1.807) is 0 Å². The summed E-state index contributed by atoms with van der Waals surface area (Å²) in [7, 11) is -1.74. The Morgan fingerprint density at radius 2 is 1.77 bits per heavy atom. The molecule has 74 valence electrons. The smallest absolute Gasteiger partial charge is 0.285 e. The van der Waals surface area contributed by atoms with Gasteiger partial charge in [-0.15, -0.1) is 5.54 Å². The molecule has 0 N–H and O–H groups in total. The van der Waals surface area contributed by atoms with Crippen LogP contribution in [0.2, 0.25) is 19.6 Å². The van der Waals surface area contributed by atoms with Crippen LogP contribution in [0.25, 0.3) is 0 Å². The van der Waals surface area contributed by atoms with Crippen molar-refractivity contribution >= 4 is 13.9 Å². The highest BCUT2D eigenvalue weighted by molar-refractivity contribution is 6.84. The van der Waals surface area contributed by atoms with Gasteiger partial charge >= 0.3 is 6.18 Å². The second-order valence-corrected chi connectivity index (χ2v) is 8.47. The number of rotatable bonds is 1. The first-order chi connectivity index (χ1) is 5.60. The fourth-order valence-corrected chi connectivity index (χ4v) is 0.998. The summed E-state index contributed by atoms with van der Waals surface area (Å²) in [6.07, 6.45) is -5.88. The van der Waals surface area contributed by atoms with Crippen molar-refractivity contribution in [2.24, 2.45) is 0 Å². The van der Waals surface area contributed by atoms with Gasteiger partial charge in [0.05, 0.1) is 0 Å². The Bertz CT molecular complexity index is 251. The predicted molar refractivity (Wildman–Crippen MR) is 46.8 cm³/mol. The molecule has 0 aromatic carbocycles. The van der Waals surface area contributed by atoms with E-state index in [2.05, 4.69) is 5.54 Å². The highest BCUT2D eigenvalue weighted by Crippen LogP contribution is 2.19. The Labute approximate surface area is 76.3 Å². The summed E-state index contributed by atoms with van der Waals surface area (Å²) < 4.78 is 34.9. The van der Waals surface area contributed by atoms with E-state index in [-0.39, 0.29) is 0 Å². The lowest BCUT2D eigenvalue weighted by atomic mass is 10.3. The molecule has 0 unspecified atom stereocenters. The van der Waals surface area contributed by atoms with Crippen LogP contribution >= 0.6 is 0 Å². The fraction of sp³-hybridized carbons (Fsp3) is 0.625. The van der Waals surface area contributed by atoms with Gasteiger partial charge in [0.2, 0.25) is 5.78 Å². The van der Waals surface area contributed by atoms with Gasteiger partial charge in [-0.2, -0.15) is 13.2 Å². The van der Waals surface area contributed by atoms with Gasteiger partial charge in [-0.1, -0.05) is 19.6 Å². The summed E-state index contributed by atoms with van der Waals surface area (Å²) >= 11 is 0. The summed E-state index contributed by atoms with van der Waals surface area (Å²) in [5.41, 5.74) is 2.58. The zero-order valence-electron chi connectivity index (χ0n) is 7.75. The number of ketones is 1. The van der Waals surface area contributed by atoms with Crippen molar-refractivity contribution in [3.8, 4) is 11.5 Å². The molecule has 0 aromatic heterocycles. The molecule has 0 spiro atoms. The molecular weight excluding hydrogens is 197 g/mol. The molecule has 0 radical (unpaired) electrons. The van der Waals surface area contributed by atoms with Crippen molar-refractivity contribution in [3.63, 3.8) is 0 Å². The summed E-state index contributed by atoms with van der Waals surface area (Å²) in [4.78, 5) is 10.6. The molecule has 0 aliphatic carbocycles. The first-order valence-electron chi connectivity index (χ1n) is 3.73. The minimum Gasteiger partial charge on any atom is -0.285 e. The molecule has 0 saturated carbocycles. The standard InChI is InChI=1S/C8H11F3OSi/c1-13(2,3)5-4-7(12)6-8(9,10)11/h6H2,1-3H3. The topological polar surface area (TPSA) is 17.1 Å². The van der Waals surface area contributed by atoms with E-state index in [0.29, 0.717) is 0 Å². The van der Waals surface area contributed by atoms with Crippen LogP contribution in [0, 0.1) is 11.5 Å². The third-order valence-corrected chi connectivity index (χ3v) is 1.81. The fourth-order valence-electron chi connectivity index (χ4n) is 0.483. The van der Waals surface area contributed by atoms with Gasteiger partial charge in [0.25, 0.3) is 0 Å². The van der Waals surface area contributed by atoms with Crippen molar-refractivity contribution < 1.29 is 18.0 Å². The van der Waals surface area contributed by atoms with E-state index in [1.807, 2.05) is 25.6 Å². The number of Topliss-reactive ketones (excluding diaryl/α,β-unsaturated/α-hetero) is 1. The van der Waals surface area contributed by atoms with Crippen LogP contribution in [0.5, 0.6) is 0 Å². The molecule has 0 rings (SSSR count). The quantitative estimate of drug-likeness (QED) is 0.477. The Hall–Kier alpha value is -0.763. The van der Waals surface area contributed by atoms with Gasteiger partial charge in [-0.05, 0) is 5.92 Å². The second-order valence-electron chi connectivity index (χ2n) is 3.72. The SMILES string of the molecule is C[Si](C)(C)C#CC(=O)CC(F)(F)F. The highest BCUT2D eigenvalue weighted by Gasteiger charge is 2.30. The average molecular weight is 208 g/mol. The van der Waals surface area contributed by atoms with Gasteiger partial charge in [-0.3, -0.25) is 4.79 Å². The summed E-state index contributed by atoms with van der Waals surface area (Å²) in [6, 6.07) is 0. The molecule has 0 bridgehead atoms. The Kier molecular flexibility index (Phi) is 3.73. The van der Waals surface area contributed by atoms with Gasteiger partial charge in [0.1, 0.15) is 14.5 Å².